The molecular formula is C13H17Cl2NO3S. The third-order valence-corrected chi connectivity index (χ3v) is 4.89. The van der Waals surface area contributed by atoms with Gasteiger partial charge in [-0.05, 0) is 37.5 Å². The van der Waals surface area contributed by atoms with Gasteiger partial charge in [0.2, 0.25) is 0 Å². The summed E-state index contributed by atoms with van der Waals surface area (Å²) < 4.78 is 22.8. The summed E-state index contributed by atoms with van der Waals surface area (Å²) in [6.45, 7) is 5.59. The molecule has 0 aliphatic carbocycles. The fraction of sp³-hybridized carbons (Fsp3) is 0.462. The monoisotopic (exact) mass is 337 g/mol. The molecule has 1 amide bonds. The summed E-state index contributed by atoms with van der Waals surface area (Å²) in [6, 6.07) is 2.53. The first-order valence-corrected chi connectivity index (χ1v) is 8.95. The minimum Gasteiger partial charge on any atom is -0.349 e. The van der Waals surface area contributed by atoms with Gasteiger partial charge in [0.1, 0.15) is 0 Å². The van der Waals surface area contributed by atoms with E-state index < -0.39 is 9.05 Å². The minimum atomic E-state index is -3.93. The number of halogens is 2. The molecule has 1 aromatic rings. The van der Waals surface area contributed by atoms with E-state index in [1.54, 1.807) is 6.92 Å². The highest BCUT2D eigenvalue weighted by Gasteiger charge is 2.19. The fourth-order valence-electron chi connectivity index (χ4n) is 1.79. The van der Waals surface area contributed by atoms with Gasteiger partial charge in [0.15, 0.2) is 0 Å². The Morgan fingerprint density at radius 1 is 1.30 bits per heavy atom. The van der Waals surface area contributed by atoms with Crippen LogP contribution in [0, 0.1) is 6.92 Å². The number of nitrogens with one attached hydrogen (secondary N) is 1. The van der Waals surface area contributed by atoms with E-state index in [0.717, 1.165) is 12.8 Å². The molecule has 0 spiro atoms. The largest absolute Gasteiger partial charge is 0.349 e. The minimum absolute atomic E-state index is 0.0388. The van der Waals surface area contributed by atoms with Gasteiger partial charge in [0, 0.05) is 27.3 Å². The van der Waals surface area contributed by atoms with E-state index in [4.69, 9.17) is 22.3 Å². The van der Waals surface area contributed by atoms with E-state index in [1.807, 2.05) is 13.8 Å². The van der Waals surface area contributed by atoms with Crippen LogP contribution in [-0.4, -0.2) is 20.4 Å². The van der Waals surface area contributed by atoms with E-state index in [1.165, 1.54) is 12.1 Å². The molecule has 4 nitrogen and oxygen atoms in total. The predicted molar refractivity (Wildman–Crippen MR) is 81.1 cm³/mol. The average molecular weight is 338 g/mol. The van der Waals surface area contributed by atoms with Gasteiger partial charge in [-0.15, -0.1) is 0 Å². The lowest BCUT2D eigenvalue weighted by Crippen LogP contribution is -2.34. The summed E-state index contributed by atoms with van der Waals surface area (Å²) in [7, 11) is 1.37. The molecule has 0 unspecified atom stereocenters. The summed E-state index contributed by atoms with van der Waals surface area (Å²) in [5, 5.41) is 3.04. The number of carbonyl (C=O) groups is 1. The van der Waals surface area contributed by atoms with Crippen LogP contribution in [0.2, 0.25) is 5.02 Å². The lowest BCUT2D eigenvalue weighted by Gasteiger charge is -2.16. The second kappa shape index (κ2) is 6.78. The second-order valence-electron chi connectivity index (χ2n) is 4.50. The Labute approximate surface area is 128 Å². The van der Waals surface area contributed by atoms with Crippen LogP contribution in [0.15, 0.2) is 17.0 Å². The lowest BCUT2D eigenvalue weighted by molar-refractivity contribution is 0.0934. The van der Waals surface area contributed by atoms with Crippen molar-refractivity contribution in [2.75, 3.05) is 0 Å². The van der Waals surface area contributed by atoms with Crippen LogP contribution in [0.25, 0.3) is 0 Å². The van der Waals surface area contributed by atoms with E-state index >= 15 is 0 Å². The summed E-state index contributed by atoms with van der Waals surface area (Å²) in [5.74, 6) is -0.347. The van der Waals surface area contributed by atoms with Gasteiger partial charge in [-0.25, -0.2) is 8.42 Å². The topological polar surface area (TPSA) is 63.2 Å². The third kappa shape index (κ3) is 4.11. The molecule has 0 aliphatic heterocycles. The van der Waals surface area contributed by atoms with Crippen LogP contribution in [0.1, 0.15) is 42.6 Å². The lowest BCUT2D eigenvalue weighted by atomic mass is 10.1. The zero-order chi connectivity index (χ0) is 15.5. The molecule has 0 saturated heterocycles. The standard InChI is InChI=1S/C13H17Cl2NO3S/c1-4-9(5-2)16-13(17)11-6-10(20(15,18)19)7-12(14)8(11)3/h6-7,9H,4-5H2,1-3H3,(H,16,17). The van der Waals surface area contributed by atoms with Crippen molar-refractivity contribution in [3.8, 4) is 0 Å². The maximum absolute atomic E-state index is 12.2. The molecule has 20 heavy (non-hydrogen) atoms. The van der Waals surface area contributed by atoms with E-state index in [9.17, 15) is 13.2 Å². The molecule has 112 valence electrons. The van der Waals surface area contributed by atoms with Gasteiger partial charge >= 0.3 is 0 Å². The van der Waals surface area contributed by atoms with Crippen molar-refractivity contribution in [3.63, 3.8) is 0 Å². The molecule has 0 aliphatic rings. The predicted octanol–water partition coefficient (Wildman–Crippen LogP) is 3.49. The van der Waals surface area contributed by atoms with Crippen LogP contribution >= 0.6 is 22.3 Å². The maximum atomic E-state index is 12.2. The van der Waals surface area contributed by atoms with E-state index in [2.05, 4.69) is 5.32 Å². The molecule has 1 aromatic carbocycles. The molecule has 0 atom stereocenters. The van der Waals surface area contributed by atoms with Crippen LogP contribution < -0.4 is 5.32 Å². The zero-order valence-electron chi connectivity index (χ0n) is 11.5. The van der Waals surface area contributed by atoms with Crippen molar-refractivity contribution in [1.29, 1.82) is 0 Å². The van der Waals surface area contributed by atoms with Crippen molar-refractivity contribution in [3.05, 3.63) is 28.3 Å². The van der Waals surface area contributed by atoms with Crippen LogP contribution in [0.3, 0.4) is 0 Å². The smallest absolute Gasteiger partial charge is 0.261 e. The molecule has 0 fully saturated rings. The number of amides is 1. The Kier molecular flexibility index (Phi) is 5.86. The van der Waals surface area contributed by atoms with Crippen LogP contribution in [-0.2, 0) is 9.05 Å². The molecular weight excluding hydrogens is 321 g/mol. The Morgan fingerprint density at radius 3 is 2.30 bits per heavy atom. The zero-order valence-corrected chi connectivity index (χ0v) is 13.9. The van der Waals surface area contributed by atoms with Gasteiger partial charge in [-0.2, -0.15) is 0 Å². The maximum Gasteiger partial charge on any atom is 0.261 e. The summed E-state index contributed by atoms with van der Waals surface area (Å²) >= 11 is 5.97. The molecule has 0 saturated carbocycles. The average Bonchev–Trinajstić information content (AvgIpc) is 2.37. The molecule has 7 heteroatoms. The Balaban J connectivity index is 3.24. The Bertz CT molecular complexity index is 610. The number of carbonyl (C=O) groups excluding carboxylic acids is 1. The van der Waals surface area contributed by atoms with Crippen molar-refractivity contribution >= 4 is 37.2 Å². The van der Waals surface area contributed by atoms with Crippen molar-refractivity contribution in [2.45, 2.75) is 44.6 Å². The highest BCUT2D eigenvalue weighted by atomic mass is 35.7. The highest BCUT2D eigenvalue weighted by molar-refractivity contribution is 8.13. The Morgan fingerprint density at radius 2 is 1.85 bits per heavy atom. The molecule has 1 rings (SSSR count). The number of benzene rings is 1. The van der Waals surface area contributed by atoms with Crippen molar-refractivity contribution in [2.24, 2.45) is 0 Å². The summed E-state index contributed by atoms with van der Waals surface area (Å²) in [5.41, 5.74) is 0.753. The van der Waals surface area contributed by atoms with Gasteiger partial charge in [-0.3, -0.25) is 4.79 Å². The van der Waals surface area contributed by atoms with E-state index in [0.29, 0.717) is 5.56 Å². The van der Waals surface area contributed by atoms with Gasteiger partial charge in [0.05, 0.1) is 4.90 Å². The molecule has 0 heterocycles. The van der Waals surface area contributed by atoms with Crippen LogP contribution in [0.5, 0.6) is 0 Å². The molecule has 1 N–H and O–H groups in total. The van der Waals surface area contributed by atoms with E-state index in [-0.39, 0.29) is 27.4 Å². The normalized spacial score (nSPS) is 11.7. The number of hydrogen-bond donors (Lipinski definition) is 1. The first-order chi connectivity index (χ1) is 9.20. The second-order valence-corrected chi connectivity index (χ2v) is 7.48. The van der Waals surface area contributed by atoms with Gasteiger partial charge in [-0.1, -0.05) is 25.4 Å². The molecule has 0 aromatic heterocycles. The van der Waals surface area contributed by atoms with Crippen molar-refractivity contribution in [1.82, 2.24) is 5.32 Å². The molecule has 0 radical (unpaired) electrons. The summed E-state index contributed by atoms with van der Waals surface area (Å²) in [4.78, 5) is 12.0. The number of hydrogen-bond acceptors (Lipinski definition) is 3. The van der Waals surface area contributed by atoms with Crippen molar-refractivity contribution < 1.29 is 13.2 Å². The summed E-state index contributed by atoms with van der Waals surface area (Å²) in [6.07, 6.45) is 1.59. The Hall–Kier alpha value is -0.780. The first-order valence-electron chi connectivity index (χ1n) is 6.26. The quantitative estimate of drug-likeness (QED) is 0.836. The fourth-order valence-corrected chi connectivity index (χ4v) is 2.86. The third-order valence-electron chi connectivity index (χ3n) is 3.16. The SMILES string of the molecule is CCC(CC)NC(=O)c1cc(S(=O)(=O)Cl)cc(Cl)c1C. The number of rotatable bonds is 5. The van der Waals surface area contributed by atoms with Crippen LogP contribution in [0.4, 0.5) is 0 Å². The van der Waals surface area contributed by atoms with Gasteiger partial charge in [0.25, 0.3) is 15.0 Å². The molecule has 0 bridgehead atoms. The first kappa shape index (κ1) is 17.3. The highest BCUT2D eigenvalue weighted by Crippen LogP contribution is 2.26. The van der Waals surface area contributed by atoms with Gasteiger partial charge < -0.3 is 5.32 Å².